The number of carbonyl (C=O) groups is 6. The second kappa shape index (κ2) is 13.2. The first-order valence-corrected chi connectivity index (χ1v) is 9.36. The first-order valence-electron chi connectivity index (χ1n) is 9.36. The maximum absolute atomic E-state index is 12.5. The number of carboxylic acids is 3. The van der Waals surface area contributed by atoms with Gasteiger partial charge in [0.15, 0.2) is 0 Å². The van der Waals surface area contributed by atoms with E-state index in [-0.39, 0.29) is 0 Å². The molecule has 0 heterocycles. The third kappa shape index (κ3) is 10.1. The number of amides is 3. The smallest absolute Gasteiger partial charge is 0.326 e. The van der Waals surface area contributed by atoms with Crippen LogP contribution in [0, 0.1) is 0 Å². The van der Waals surface area contributed by atoms with Crippen LogP contribution in [0.5, 0.6) is 0 Å². The normalized spacial score (nSPS) is 16.4. The van der Waals surface area contributed by atoms with Crippen molar-refractivity contribution in [3.8, 4) is 0 Å². The Morgan fingerprint density at radius 2 is 1.28 bits per heavy atom. The number of hydrogen-bond donors (Lipinski definition) is 9. The fourth-order valence-corrected chi connectivity index (χ4v) is 2.32. The van der Waals surface area contributed by atoms with Crippen molar-refractivity contribution in [1.82, 2.24) is 16.0 Å². The lowest BCUT2D eigenvalue weighted by Crippen LogP contribution is -2.60. The van der Waals surface area contributed by atoms with E-state index in [0.717, 1.165) is 6.92 Å². The highest BCUT2D eigenvalue weighted by atomic mass is 16.4. The molecule has 0 rings (SSSR count). The number of carbonyl (C=O) groups excluding carboxylic acids is 3. The standard InChI is InChI=1S/C17H28N4O11/c1-6(22)12(18)15(29)21-13(7(2)23)16(30)19-8(3-4-10(24)25)14(28)20-9(17(31)32)5-11(26)27/h6-9,12-13,22-23H,3-5,18H2,1-2H3,(H,19,30)(H,20,28)(H,21,29)(H,24,25)(H,26,27)(H,31,32). The highest BCUT2D eigenvalue weighted by Gasteiger charge is 2.33. The van der Waals surface area contributed by atoms with Crippen molar-refractivity contribution in [3.63, 3.8) is 0 Å². The Labute approximate surface area is 182 Å². The molecule has 0 aromatic heterocycles. The van der Waals surface area contributed by atoms with Gasteiger partial charge in [-0.05, 0) is 20.3 Å². The molecular weight excluding hydrogens is 436 g/mol. The summed E-state index contributed by atoms with van der Waals surface area (Å²) in [4.78, 5) is 69.7. The maximum atomic E-state index is 12.5. The van der Waals surface area contributed by atoms with Gasteiger partial charge in [-0.2, -0.15) is 0 Å². The maximum Gasteiger partial charge on any atom is 0.326 e. The second-order valence-corrected chi connectivity index (χ2v) is 6.98. The molecule has 0 saturated carbocycles. The van der Waals surface area contributed by atoms with E-state index in [4.69, 9.17) is 21.1 Å². The van der Waals surface area contributed by atoms with Crippen LogP contribution in [0.15, 0.2) is 0 Å². The van der Waals surface area contributed by atoms with Crippen LogP contribution in [0.4, 0.5) is 0 Å². The minimum Gasteiger partial charge on any atom is -0.481 e. The Kier molecular flexibility index (Phi) is 11.8. The first-order chi connectivity index (χ1) is 14.7. The number of aliphatic hydroxyl groups excluding tert-OH is 2. The number of aliphatic carboxylic acids is 3. The van der Waals surface area contributed by atoms with Gasteiger partial charge in [-0.15, -0.1) is 0 Å². The van der Waals surface area contributed by atoms with Crippen LogP contribution in [-0.4, -0.2) is 97.5 Å². The van der Waals surface area contributed by atoms with Gasteiger partial charge >= 0.3 is 17.9 Å². The molecule has 15 heteroatoms. The van der Waals surface area contributed by atoms with Gasteiger partial charge in [-0.1, -0.05) is 0 Å². The fourth-order valence-electron chi connectivity index (χ4n) is 2.32. The Hall–Kier alpha value is -3.30. The number of aliphatic hydroxyl groups is 2. The summed E-state index contributed by atoms with van der Waals surface area (Å²) >= 11 is 0. The molecule has 0 aromatic carbocycles. The van der Waals surface area contributed by atoms with Gasteiger partial charge in [-0.25, -0.2) is 4.79 Å². The average Bonchev–Trinajstić information content (AvgIpc) is 2.66. The molecule has 0 aromatic rings. The summed E-state index contributed by atoms with van der Waals surface area (Å²) in [6.07, 6.45) is -4.93. The summed E-state index contributed by atoms with van der Waals surface area (Å²) in [5.74, 6) is -7.88. The quantitative estimate of drug-likeness (QED) is 0.119. The highest BCUT2D eigenvalue weighted by Crippen LogP contribution is 2.04. The van der Waals surface area contributed by atoms with Crippen LogP contribution in [0.1, 0.15) is 33.1 Å². The Balaban J connectivity index is 5.54. The average molecular weight is 464 g/mol. The zero-order chi connectivity index (χ0) is 25.2. The number of rotatable bonds is 14. The van der Waals surface area contributed by atoms with Gasteiger partial charge < -0.3 is 47.2 Å². The molecule has 6 unspecified atom stereocenters. The van der Waals surface area contributed by atoms with Gasteiger partial charge in [0.05, 0.1) is 18.6 Å². The summed E-state index contributed by atoms with van der Waals surface area (Å²) in [5, 5.41) is 51.9. The molecule has 15 nitrogen and oxygen atoms in total. The third-order valence-corrected chi connectivity index (χ3v) is 4.16. The van der Waals surface area contributed by atoms with Crippen LogP contribution in [0.25, 0.3) is 0 Å². The van der Waals surface area contributed by atoms with Crippen LogP contribution in [0.2, 0.25) is 0 Å². The molecule has 3 amide bonds. The highest BCUT2D eigenvalue weighted by molar-refractivity contribution is 5.95. The van der Waals surface area contributed by atoms with Gasteiger partial charge in [0.1, 0.15) is 24.2 Å². The predicted molar refractivity (Wildman–Crippen MR) is 104 cm³/mol. The lowest BCUT2D eigenvalue weighted by molar-refractivity contribution is -0.147. The van der Waals surface area contributed by atoms with E-state index in [2.05, 4.69) is 10.6 Å². The zero-order valence-corrected chi connectivity index (χ0v) is 17.3. The third-order valence-electron chi connectivity index (χ3n) is 4.16. The van der Waals surface area contributed by atoms with Crippen molar-refractivity contribution in [1.29, 1.82) is 0 Å². The van der Waals surface area contributed by atoms with Crippen LogP contribution >= 0.6 is 0 Å². The number of nitrogens with two attached hydrogens (primary N) is 1. The van der Waals surface area contributed by atoms with E-state index in [1.54, 1.807) is 0 Å². The Bertz CT molecular complexity index is 725. The first kappa shape index (κ1) is 28.7. The summed E-state index contributed by atoms with van der Waals surface area (Å²) in [5.41, 5.74) is 5.45. The summed E-state index contributed by atoms with van der Waals surface area (Å²) in [6, 6.07) is -6.61. The molecule has 32 heavy (non-hydrogen) atoms. The van der Waals surface area contributed by atoms with Gasteiger partial charge in [0.25, 0.3) is 0 Å². The number of nitrogens with one attached hydrogen (secondary N) is 3. The minimum absolute atomic E-state index is 0.514. The minimum atomic E-state index is -1.86. The molecular formula is C17H28N4O11. The largest absolute Gasteiger partial charge is 0.481 e. The SMILES string of the molecule is CC(O)C(N)C(=O)NC(C(=O)NC(CCC(=O)O)C(=O)NC(CC(=O)O)C(=O)O)C(C)O. The molecule has 182 valence electrons. The molecule has 0 fully saturated rings. The van der Waals surface area contributed by atoms with E-state index in [0.29, 0.717) is 0 Å². The Morgan fingerprint density at radius 1 is 0.750 bits per heavy atom. The number of hydrogen-bond acceptors (Lipinski definition) is 9. The molecule has 0 bridgehead atoms. The lowest BCUT2D eigenvalue weighted by atomic mass is 10.1. The zero-order valence-electron chi connectivity index (χ0n) is 17.3. The van der Waals surface area contributed by atoms with Gasteiger partial charge in [0, 0.05) is 6.42 Å². The van der Waals surface area contributed by atoms with Crippen molar-refractivity contribution in [2.45, 2.75) is 69.5 Å². The second-order valence-electron chi connectivity index (χ2n) is 6.98. The topological polar surface area (TPSA) is 266 Å². The molecule has 0 spiro atoms. The van der Waals surface area contributed by atoms with Crippen molar-refractivity contribution < 1.29 is 54.3 Å². The fraction of sp³-hybridized carbons (Fsp3) is 0.647. The summed E-state index contributed by atoms with van der Waals surface area (Å²) < 4.78 is 0. The van der Waals surface area contributed by atoms with Gasteiger partial charge in [0.2, 0.25) is 17.7 Å². The molecule has 10 N–H and O–H groups in total. The van der Waals surface area contributed by atoms with Gasteiger partial charge in [-0.3, -0.25) is 24.0 Å². The van der Waals surface area contributed by atoms with Crippen LogP contribution in [-0.2, 0) is 28.8 Å². The monoisotopic (exact) mass is 464 g/mol. The summed E-state index contributed by atoms with van der Waals surface area (Å²) in [6.45, 7) is 2.34. The number of carboxylic acid groups (broad SMARTS) is 3. The van der Waals surface area contributed by atoms with E-state index < -0.39 is 91.3 Å². The van der Waals surface area contributed by atoms with Crippen LogP contribution < -0.4 is 21.7 Å². The predicted octanol–water partition coefficient (Wildman–Crippen LogP) is -4.05. The molecule has 0 aliphatic carbocycles. The Morgan fingerprint density at radius 3 is 1.69 bits per heavy atom. The molecule has 0 radical (unpaired) electrons. The van der Waals surface area contributed by atoms with E-state index in [1.165, 1.54) is 6.92 Å². The van der Waals surface area contributed by atoms with Crippen LogP contribution in [0.3, 0.4) is 0 Å². The van der Waals surface area contributed by atoms with Crippen molar-refractivity contribution in [3.05, 3.63) is 0 Å². The molecule has 6 atom stereocenters. The molecule has 0 saturated heterocycles. The lowest BCUT2D eigenvalue weighted by Gasteiger charge is -2.26. The van der Waals surface area contributed by atoms with E-state index >= 15 is 0 Å². The van der Waals surface area contributed by atoms with Crippen molar-refractivity contribution in [2.24, 2.45) is 5.73 Å². The van der Waals surface area contributed by atoms with Crippen molar-refractivity contribution >= 4 is 35.6 Å². The molecule has 0 aliphatic heterocycles. The molecule has 0 aliphatic rings. The van der Waals surface area contributed by atoms with E-state index in [1.807, 2.05) is 5.32 Å². The van der Waals surface area contributed by atoms with E-state index in [9.17, 15) is 39.0 Å². The summed E-state index contributed by atoms with van der Waals surface area (Å²) in [7, 11) is 0. The van der Waals surface area contributed by atoms with Crippen molar-refractivity contribution in [2.75, 3.05) is 0 Å².